The number of hydrogen-bond donors (Lipinski definition) is 2. The summed E-state index contributed by atoms with van der Waals surface area (Å²) in [6, 6.07) is 26.0. The smallest absolute Gasteiger partial charge is 0.235 e. The van der Waals surface area contributed by atoms with Gasteiger partial charge in [0.05, 0.1) is 5.41 Å². The standard InChI is InChI=1S/C26H27ClN2O2/c1-19(20-6-3-2-4-7-20)28-23-10-12-24(13-11-23)29-25(30)26(14-16-31-17-15-26)21-8-5-9-22(27)18-21/h2-13,18-19,28H,14-17H2,1H3,(H,29,30). The normalized spacial score (nSPS) is 16.3. The third-order valence-corrected chi connectivity index (χ3v) is 6.22. The highest BCUT2D eigenvalue weighted by molar-refractivity contribution is 6.30. The Balaban J connectivity index is 1.48. The Bertz CT molecular complexity index is 1020. The number of nitrogens with one attached hydrogen (secondary N) is 2. The average molecular weight is 435 g/mol. The summed E-state index contributed by atoms with van der Waals surface area (Å²) < 4.78 is 5.54. The molecule has 3 aromatic carbocycles. The van der Waals surface area contributed by atoms with Crippen LogP contribution in [0.15, 0.2) is 78.9 Å². The van der Waals surface area contributed by atoms with Crippen LogP contribution < -0.4 is 10.6 Å². The molecule has 1 aliphatic heterocycles. The number of benzene rings is 3. The number of carbonyl (C=O) groups excluding carboxylic acids is 1. The van der Waals surface area contributed by atoms with Crippen molar-refractivity contribution in [2.75, 3.05) is 23.8 Å². The summed E-state index contributed by atoms with van der Waals surface area (Å²) in [6.45, 7) is 3.24. The zero-order chi connectivity index (χ0) is 21.7. The van der Waals surface area contributed by atoms with Crippen molar-refractivity contribution in [1.82, 2.24) is 0 Å². The summed E-state index contributed by atoms with van der Waals surface area (Å²) in [5.41, 5.74) is 3.31. The molecule has 1 saturated heterocycles. The van der Waals surface area contributed by atoms with Crippen LogP contribution in [0.2, 0.25) is 5.02 Å². The second-order valence-electron chi connectivity index (χ2n) is 8.01. The van der Waals surface area contributed by atoms with Crippen LogP contribution in [0, 0.1) is 0 Å². The zero-order valence-electron chi connectivity index (χ0n) is 17.6. The highest BCUT2D eigenvalue weighted by Crippen LogP contribution is 2.37. The molecule has 1 amide bonds. The first kappa shape index (κ1) is 21.4. The molecule has 1 unspecified atom stereocenters. The van der Waals surface area contributed by atoms with Gasteiger partial charge in [-0.2, -0.15) is 0 Å². The number of rotatable bonds is 6. The molecule has 0 aliphatic carbocycles. The van der Waals surface area contributed by atoms with Gasteiger partial charge in [-0.1, -0.05) is 54.1 Å². The molecule has 0 aromatic heterocycles. The SMILES string of the molecule is CC(Nc1ccc(NC(=O)C2(c3cccc(Cl)c3)CCOCC2)cc1)c1ccccc1. The van der Waals surface area contributed by atoms with Crippen molar-refractivity contribution in [2.24, 2.45) is 0 Å². The Kier molecular flexibility index (Phi) is 6.59. The van der Waals surface area contributed by atoms with Gasteiger partial charge in [-0.3, -0.25) is 4.79 Å². The lowest BCUT2D eigenvalue weighted by molar-refractivity contribution is -0.125. The number of halogens is 1. The van der Waals surface area contributed by atoms with Gasteiger partial charge in [0, 0.05) is 35.7 Å². The largest absolute Gasteiger partial charge is 0.381 e. The fraction of sp³-hybridized carbons (Fsp3) is 0.269. The molecule has 1 heterocycles. The number of carbonyl (C=O) groups is 1. The molecule has 4 rings (SSSR count). The van der Waals surface area contributed by atoms with Crippen LogP contribution in [0.5, 0.6) is 0 Å². The fourth-order valence-corrected chi connectivity index (χ4v) is 4.32. The summed E-state index contributed by atoms with van der Waals surface area (Å²) in [5.74, 6) is -0.0172. The van der Waals surface area contributed by atoms with Crippen molar-refractivity contribution in [1.29, 1.82) is 0 Å². The summed E-state index contributed by atoms with van der Waals surface area (Å²) in [4.78, 5) is 13.4. The molecular weight excluding hydrogens is 408 g/mol. The number of anilines is 2. The van der Waals surface area contributed by atoms with Gasteiger partial charge >= 0.3 is 0 Å². The van der Waals surface area contributed by atoms with Gasteiger partial charge in [0.15, 0.2) is 0 Å². The third kappa shape index (κ3) is 4.92. The Hall–Kier alpha value is -2.82. The summed E-state index contributed by atoms with van der Waals surface area (Å²) in [5, 5.41) is 7.25. The first-order valence-electron chi connectivity index (χ1n) is 10.6. The van der Waals surface area contributed by atoms with E-state index in [2.05, 4.69) is 29.7 Å². The van der Waals surface area contributed by atoms with E-state index in [1.165, 1.54) is 5.56 Å². The number of amides is 1. The maximum Gasteiger partial charge on any atom is 0.235 e. The maximum atomic E-state index is 13.4. The highest BCUT2D eigenvalue weighted by atomic mass is 35.5. The Morgan fingerprint density at radius 1 is 0.935 bits per heavy atom. The molecule has 0 radical (unpaired) electrons. The van der Waals surface area contributed by atoms with E-state index in [1.54, 1.807) is 0 Å². The highest BCUT2D eigenvalue weighted by Gasteiger charge is 2.41. The van der Waals surface area contributed by atoms with Gasteiger partial charge in [0.1, 0.15) is 0 Å². The first-order chi connectivity index (χ1) is 15.1. The molecular formula is C26H27ClN2O2. The topological polar surface area (TPSA) is 50.4 Å². The minimum atomic E-state index is -0.637. The van der Waals surface area contributed by atoms with E-state index < -0.39 is 5.41 Å². The van der Waals surface area contributed by atoms with E-state index in [0.717, 1.165) is 16.9 Å². The Labute approximate surface area is 188 Å². The molecule has 2 N–H and O–H groups in total. The summed E-state index contributed by atoms with van der Waals surface area (Å²) >= 11 is 6.22. The van der Waals surface area contributed by atoms with E-state index in [-0.39, 0.29) is 11.9 Å². The van der Waals surface area contributed by atoms with Crippen molar-refractivity contribution < 1.29 is 9.53 Å². The second-order valence-corrected chi connectivity index (χ2v) is 8.45. The monoisotopic (exact) mass is 434 g/mol. The van der Waals surface area contributed by atoms with Gasteiger partial charge < -0.3 is 15.4 Å². The predicted octanol–water partition coefficient (Wildman–Crippen LogP) is 6.20. The van der Waals surface area contributed by atoms with Crippen molar-refractivity contribution in [3.8, 4) is 0 Å². The van der Waals surface area contributed by atoms with Crippen LogP contribution in [0.4, 0.5) is 11.4 Å². The molecule has 0 spiro atoms. The molecule has 1 aliphatic rings. The van der Waals surface area contributed by atoms with Crippen molar-refractivity contribution >= 4 is 28.9 Å². The number of ether oxygens (including phenoxy) is 1. The Morgan fingerprint density at radius 2 is 1.61 bits per heavy atom. The molecule has 0 saturated carbocycles. The summed E-state index contributed by atoms with van der Waals surface area (Å²) in [6.07, 6.45) is 1.26. The molecule has 160 valence electrons. The molecule has 31 heavy (non-hydrogen) atoms. The predicted molar refractivity (Wildman–Crippen MR) is 127 cm³/mol. The molecule has 0 bridgehead atoms. The summed E-state index contributed by atoms with van der Waals surface area (Å²) in [7, 11) is 0. The quantitative estimate of drug-likeness (QED) is 0.485. The van der Waals surface area contributed by atoms with Crippen molar-refractivity contribution in [3.05, 3.63) is 95.0 Å². The fourth-order valence-electron chi connectivity index (χ4n) is 4.13. The van der Waals surface area contributed by atoms with E-state index in [9.17, 15) is 4.79 Å². The van der Waals surface area contributed by atoms with Crippen LogP contribution in [-0.2, 0) is 14.9 Å². The van der Waals surface area contributed by atoms with Gasteiger partial charge in [-0.05, 0) is 67.3 Å². The van der Waals surface area contributed by atoms with Crippen LogP contribution in [-0.4, -0.2) is 19.1 Å². The first-order valence-corrected chi connectivity index (χ1v) is 11.0. The molecule has 4 nitrogen and oxygen atoms in total. The van der Waals surface area contributed by atoms with E-state index in [1.807, 2.05) is 66.7 Å². The minimum Gasteiger partial charge on any atom is -0.381 e. The number of hydrogen-bond acceptors (Lipinski definition) is 3. The van der Waals surface area contributed by atoms with E-state index >= 15 is 0 Å². The average Bonchev–Trinajstić information content (AvgIpc) is 2.81. The minimum absolute atomic E-state index is 0.0172. The van der Waals surface area contributed by atoms with E-state index in [4.69, 9.17) is 16.3 Å². The van der Waals surface area contributed by atoms with Crippen LogP contribution in [0.25, 0.3) is 0 Å². The van der Waals surface area contributed by atoms with Crippen LogP contribution in [0.1, 0.15) is 36.9 Å². The van der Waals surface area contributed by atoms with Gasteiger partial charge in [-0.25, -0.2) is 0 Å². The lowest BCUT2D eigenvalue weighted by Crippen LogP contribution is -2.44. The second kappa shape index (κ2) is 9.54. The van der Waals surface area contributed by atoms with Gasteiger partial charge in [0.2, 0.25) is 5.91 Å². The third-order valence-electron chi connectivity index (χ3n) is 5.98. The zero-order valence-corrected chi connectivity index (χ0v) is 18.4. The van der Waals surface area contributed by atoms with Crippen LogP contribution >= 0.6 is 11.6 Å². The van der Waals surface area contributed by atoms with E-state index in [0.29, 0.717) is 31.1 Å². The lowest BCUT2D eigenvalue weighted by Gasteiger charge is -2.36. The van der Waals surface area contributed by atoms with Crippen molar-refractivity contribution in [2.45, 2.75) is 31.2 Å². The molecule has 1 atom stereocenters. The van der Waals surface area contributed by atoms with Crippen molar-refractivity contribution in [3.63, 3.8) is 0 Å². The van der Waals surface area contributed by atoms with Crippen LogP contribution in [0.3, 0.4) is 0 Å². The Morgan fingerprint density at radius 3 is 2.29 bits per heavy atom. The maximum absolute atomic E-state index is 13.4. The molecule has 3 aromatic rings. The van der Waals surface area contributed by atoms with Gasteiger partial charge in [0.25, 0.3) is 0 Å². The van der Waals surface area contributed by atoms with Gasteiger partial charge in [-0.15, -0.1) is 0 Å². The molecule has 1 fully saturated rings. The molecule has 5 heteroatoms. The lowest BCUT2D eigenvalue weighted by atomic mass is 9.73.